The summed E-state index contributed by atoms with van der Waals surface area (Å²) in [5, 5.41) is 8.72. The van der Waals surface area contributed by atoms with E-state index < -0.39 is 0 Å². The van der Waals surface area contributed by atoms with Gasteiger partial charge in [-0.3, -0.25) is 0 Å². The maximum absolute atomic E-state index is 8.72. The Morgan fingerprint density at radius 3 is 2.60 bits per heavy atom. The van der Waals surface area contributed by atoms with Crippen LogP contribution in [0.25, 0.3) is 0 Å². The first-order valence-corrected chi connectivity index (χ1v) is 3.78. The minimum atomic E-state index is -0.0381. The molecular formula is C7H15NO2. The van der Waals surface area contributed by atoms with Gasteiger partial charge in [0.15, 0.2) is 0 Å². The lowest BCUT2D eigenvalue weighted by Crippen LogP contribution is -2.36. The third-order valence-electron chi connectivity index (χ3n) is 2.08. The summed E-state index contributed by atoms with van der Waals surface area (Å²) in [5.74, 6) is 0.471. The predicted octanol–water partition coefficient (Wildman–Crippen LogP) is -0.267. The van der Waals surface area contributed by atoms with E-state index in [1.165, 1.54) is 0 Å². The summed E-state index contributed by atoms with van der Waals surface area (Å²) in [4.78, 5) is 0. The van der Waals surface area contributed by atoms with Gasteiger partial charge in [0.1, 0.15) is 0 Å². The molecule has 3 heteroatoms. The molecule has 10 heavy (non-hydrogen) atoms. The molecule has 1 rings (SSSR count). The molecule has 0 saturated carbocycles. The monoisotopic (exact) mass is 145 g/mol. The Hall–Kier alpha value is -0.120. The van der Waals surface area contributed by atoms with Crippen LogP contribution in [0.3, 0.4) is 0 Å². The van der Waals surface area contributed by atoms with Crippen molar-refractivity contribution in [3.05, 3.63) is 0 Å². The fourth-order valence-corrected chi connectivity index (χ4v) is 1.29. The summed E-state index contributed by atoms with van der Waals surface area (Å²) >= 11 is 0. The van der Waals surface area contributed by atoms with Gasteiger partial charge in [-0.25, -0.2) is 0 Å². The maximum Gasteiger partial charge on any atom is 0.0585 e. The fraction of sp³-hybridized carbons (Fsp3) is 1.00. The molecule has 0 aliphatic carbocycles. The van der Waals surface area contributed by atoms with E-state index >= 15 is 0 Å². The highest BCUT2D eigenvalue weighted by Crippen LogP contribution is 2.16. The Morgan fingerprint density at radius 2 is 2.10 bits per heavy atom. The van der Waals surface area contributed by atoms with Crippen molar-refractivity contribution < 1.29 is 9.84 Å². The Balaban J connectivity index is 2.24. The summed E-state index contributed by atoms with van der Waals surface area (Å²) in [5.41, 5.74) is 5.64. The van der Waals surface area contributed by atoms with E-state index in [0.29, 0.717) is 5.92 Å². The molecule has 1 aliphatic heterocycles. The molecule has 0 bridgehead atoms. The van der Waals surface area contributed by atoms with Crippen molar-refractivity contribution >= 4 is 0 Å². The molecule has 0 unspecified atom stereocenters. The molecule has 1 heterocycles. The third kappa shape index (κ3) is 1.94. The van der Waals surface area contributed by atoms with E-state index in [0.717, 1.165) is 26.1 Å². The van der Waals surface area contributed by atoms with Crippen LogP contribution in [-0.2, 0) is 4.74 Å². The highest BCUT2D eigenvalue weighted by Gasteiger charge is 2.19. The van der Waals surface area contributed by atoms with E-state index in [1.807, 2.05) is 0 Å². The van der Waals surface area contributed by atoms with Gasteiger partial charge >= 0.3 is 0 Å². The molecule has 0 radical (unpaired) electrons. The van der Waals surface area contributed by atoms with Gasteiger partial charge in [-0.15, -0.1) is 0 Å². The Morgan fingerprint density at radius 1 is 1.50 bits per heavy atom. The molecule has 0 spiro atoms. The van der Waals surface area contributed by atoms with Crippen LogP contribution in [0.15, 0.2) is 0 Å². The van der Waals surface area contributed by atoms with Gasteiger partial charge in [0.25, 0.3) is 0 Å². The zero-order valence-corrected chi connectivity index (χ0v) is 6.12. The molecule has 0 aromatic heterocycles. The van der Waals surface area contributed by atoms with Gasteiger partial charge in [0.05, 0.1) is 6.61 Å². The SMILES string of the molecule is N[C@H](CO)C1CCOCC1. The minimum Gasteiger partial charge on any atom is -0.395 e. The Labute approximate surface area is 61.2 Å². The highest BCUT2D eigenvalue weighted by molar-refractivity contribution is 4.74. The van der Waals surface area contributed by atoms with Gasteiger partial charge in [-0.1, -0.05) is 0 Å². The van der Waals surface area contributed by atoms with E-state index in [-0.39, 0.29) is 12.6 Å². The van der Waals surface area contributed by atoms with Crippen molar-refractivity contribution in [3.63, 3.8) is 0 Å². The second-order valence-corrected chi connectivity index (χ2v) is 2.80. The zero-order chi connectivity index (χ0) is 7.40. The van der Waals surface area contributed by atoms with E-state index in [4.69, 9.17) is 15.6 Å². The quantitative estimate of drug-likeness (QED) is 0.562. The predicted molar refractivity (Wildman–Crippen MR) is 38.6 cm³/mol. The van der Waals surface area contributed by atoms with Crippen molar-refractivity contribution in [2.24, 2.45) is 11.7 Å². The second-order valence-electron chi connectivity index (χ2n) is 2.80. The molecule has 1 fully saturated rings. The normalized spacial score (nSPS) is 24.6. The molecule has 0 aromatic carbocycles. The lowest BCUT2D eigenvalue weighted by Gasteiger charge is -2.25. The first-order valence-electron chi connectivity index (χ1n) is 3.78. The largest absolute Gasteiger partial charge is 0.395 e. The van der Waals surface area contributed by atoms with E-state index in [2.05, 4.69) is 0 Å². The number of aliphatic hydroxyl groups excluding tert-OH is 1. The zero-order valence-electron chi connectivity index (χ0n) is 6.12. The van der Waals surface area contributed by atoms with Crippen LogP contribution in [0, 0.1) is 5.92 Å². The fourth-order valence-electron chi connectivity index (χ4n) is 1.29. The molecule has 0 amide bonds. The van der Waals surface area contributed by atoms with Gasteiger partial charge in [0.2, 0.25) is 0 Å². The van der Waals surface area contributed by atoms with Crippen LogP contribution in [0.5, 0.6) is 0 Å². The van der Waals surface area contributed by atoms with Crippen molar-refractivity contribution in [3.8, 4) is 0 Å². The average molecular weight is 145 g/mol. The maximum atomic E-state index is 8.72. The molecular weight excluding hydrogens is 130 g/mol. The highest BCUT2D eigenvalue weighted by atomic mass is 16.5. The molecule has 1 atom stereocenters. The number of hydrogen-bond acceptors (Lipinski definition) is 3. The standard InChI is InChI=1S/C7H15NO2/c8-7(5-9)6-1-3-10-4-2-6/h6-7,9H,1-5,8H2/t7-/m1/s1. The summed E-state index contributed by atoms with van der Waals surface area (Å²) in [6.45, 7) is 1.71. The average Bonchev–Trinajstić information content (AvgIpc) is 2.05. The first kappa shape index (κ1) is 7.98. The summed E-state index contributed by atoms with van der Waals surface area (Å²) in [6, 6.07) is -0.0381. The number of ether oxygens (including phenoxy) is 1. The smallest absolute Gasteiger partial charge is 0.0585 e. The van der Waals surface area contributed by atoms with Crippen LogP contribution in [0.2, 0.25) is 0 Å². The van der Waals surface area contributed by atoms with E-state index in [9.17, 15) is 0 Å². The molecule has 3 N–H and O–H groups in total. The Bertz CT molecular complexity index is 91.6. The lowest BCUT2D eigenvalue weighted by atomic mass is 9.93. The third-order valence-corrected chi connectivity index (χ3v) is 2.08. The van der Waals surface area contributed by atoms with Crippen LogP contribution >= 0.6 is 0 Å². The van der Waals surface area contributed by atoms with E-state index in [1.54, 1.807) is 0 Å². The van der Waals surface area contributed by atoms with Crippen LogP contribution in [0.4, 0.5) is 0 Å². The number of aliphatic hydroxyl groups is 1. The number of nitrogens with two attached hydrogens (primary N) is 1. The second kappa shape index (κ2) is 3.91. The van der Waals surface area contributed by atoms with Gasteiger partial charge < -0.3 is 15.6 Å². The number of rotatable bonds is 2. The summed E-state index contributed by atoms with van der Waals surface area (Å²) < 4.78 is 5.16. The summed E-state index contributed by atoms with van der Waals surface area (Å²) in [7, 11) is 0. The van der Waals surface area contributed by atoms with Crippen molar-refractivity contribution in [1.29, 1.82) is 0 Å². The van der Waals surface area contributed by atoms with Crippen molar-refractivity contribution in [2.75, 3.05) is 19.8 Å². The molecule has 3 nitrogen and oxygen atoms in total. The summed E-state index contributed by atoms with van der Waals surface area (Å²) in [6.07, 6.45) is 2.00. The van der Waals surface area contributed by atoms with Crippen LogP contribution in [-0.4, -0.2) is 31.0 Å². The Kier molecular flexibility index (Phi) is 3.12. The lowest BCUT2D eigenvalue weighted by molar-refractivity contribution is 0.0504. The number of hydrogen-bond donors (Lipinski definition) is 2. The first-order chi connectivity index (χ1) is 4.84. The van der Waals surface area contributed by atoms with Gasteiger partial charge in [0, 0.05) is 19.3 Å². The molecule has 0 aromatic rings. The van der Waals surface area contributed by atoms with Crippen LogP contribution < -0.4 is 5.73 Å². The van der Waals surface area contributed by atoms with Crippen molar-refractivity contribution in [1.82, 2.24) is 0 Å². The topological polar surface area (TPSA) is 55.5 Å². The van der Waals surface area contributed by atoms with Gasteiger partial charge in [-0.05, 0) is 18.8 Å². The molecule has 1 saturated heterocycles. The van der Waals surface area contributed by atoms with Gasteiger partial charge in [-0.2, -0.15) is 0 Å². The minimum absolute atomic E-state index is 0.0381. The molecule has 1 aliphatic rings. The van der Waals surface area contributed by atoms with Crippen LogP contribution in [0.1, 0.15) is 12.8 Å². The van der Waals surface area contributed by atoms with Crippen molar-refractivity contribution in [2.45, 2.75) is 18.9 Å². The molecule has 60 valence electrons.